The summed E-state index contributed by atoms with van der Waals surface area (Å²) in [4.78, 5) is 2.42. The SMILES string of the molecule is Cc1ccc(CN2CCC[C@@H](C)[C@H]2CO)cc1Br. The molecule has 0 amide bonds. The number of aryl methyl sites for hydroxylation is 1. The number of piperidine rings is 1. The van der Waals surface area contributed by atoms with Crippen molar-refractivity contribution in [3.05, 3.63) is 33.8 Å². The molecule has 0 saturated carbocycles. The van der Waals surface area contributed by atoms with Gasteiger partial charge in [0, 0.05) is 17.1 Å². The quantitative estimate of drug-likeness (QED) is 0.925. The highest BCUT2D eigenvalue weighted by Gasteiger charge is 2.27. The summed E-state index contributed by atoms with van der Waals surface area (Å²) in [7, 11) is 0. The van der Waals surface area contributed by atoms with E-state index >= 15 is 0 Å². The zero-order valence-electron chi connectivity index (χ0n) is 11.2. The third-order valence-corrected chi connectivity index (χ3v) is 4.89. The molecule has 1 N–H and O–H groups in total. The zero-order valence-corrected chi connectivity index (χ0v) is 12.8. The van der Waals surface area contributed by atoms with Crippen molar-refractivity contribution in [2.75, 3.05) is 13.2 Å². The van der Waals surface area contributed by atoms with Gasteiger partial charge in [-0.25, -0.2) is 0 Å². The smallest absolute Gasteiger partial charge is 0.0589 e. The van der Waals surface area contributed by atoms with Gasteiger partial charge in [0.1, 0.15) is 0 Å². The summed E-state index contributed by atoms with van der Waals surface area (Å²) in [6.45, 7) is 6.66. The van der Waals surface area contributed by atoms with Crippen LogP contribution in [-0.2, 0) is 6.54 Å². The molecule has 0 bridgehead atoms. The highest BCUT2D eigenvalue weighted by Crippen LogP contribution is 2.26. The lowest BCUT2D eigenvalue weighted by atomic mass is 9.91. The molecule has 0 spiro atoms. The number of nitrogens with zero attached hydrogens (tertiary/aromatic N) is 1. The molecule has 0 radical (unpaired) electrons. The molecule has 0 aliphatic carbocycles. The highest BCUT2D eigenvalue weighted by atomic mass is 79.9. The first-order valence-electron chi connectivity index (χ1n) is 6.71. The average molecular weight is 312 g/mol. The summed E-state index contributed by atoms with van der Waals surface area (Å²) in [6.07, 6.45) is 2.48. The minimum atomic E-state index is 0.272. The first-order valence-corrected chi connectivity index (χ1v) is 7.51. The van der Waals surface area contributed by atoms with E-state index in [0.717, 1.165) is 13.1 Å². The standard InChI is InChI=1S/C15H22BrNO/c1-11-5-6-13(8-14(11)16)9-17-7-3-4-12(2)15(17)10-18/h5-6,8,12,15,18H,3-4,7,9-10H2,1-2H3/t12-,15-/m1/s1. The number of likely N-dealkylation sites (tertiary alicyclic amines) is 1. The van der Waals surface area contributed by atoms with Crippen molar-refractivity contribution in [2.24, 2.45) is 5.92 Å². The van der Waals surface area contributed by atoms with Gasteiger partial charge in [-0.1, -0.05) is 35.0 Å². The summed E-state index contributed by atoms with van der Waals surface area (Å²) in [5.41, 5.74) is 2.59. The average Bonchev–Trinajstić information content (AvgIpc) is 2.34. The lowest BCUT2D eigenvalue weighted by Crippen LogP contribution is -2.45. The van der Waals surface area contributed by atoms with Crippen LogP contribution in [0.25, 0.3) is 0 Å². The first-order chi connectivity index (χ1) is 8.61. The van der Waals surface area contributed by atoms with E-state index in [4.69, 9.17) is 0 Å². The summed E-state index contributed by atoms with van der Waals surface area (Å²) in [6, 6.07) is 6.86. The van der Waals surface area contributed by atoms with Gasteiger partial charge < -0.3 is 5.11 Å². The second-order valence-corrected chi connectivity index (χ2v) is 6.28. The maximum Gasteiger partial charge on any atom is 0.0589 e. The first kappa shape index (κ1) is 14.0. The van der Waals surface area contributed by atoms with Gasteiger partial charge in [-0.3, -0.25) is 4.90 Å². The fourth-order valence-corrected chi connectivity index (χ4v) is 3.22. The number of aliphatic hydroxyl groups is 1. The van der Waals surface area contributed by atoms with Crippen LogP contribution < -0.4 is 0 Å². The van der Waals surface area contributed by atoms with Gasteiger partial charge in [0.25, 0.3) is 0 Å². The zero-order chi connectivity index (χ0) is 13.1. The molecule has 1 fully saturated rings. The monoisotopic (exact) mass is 311 g/mol. The van der Waals surface area contributed by atoms with Gasteiger partial charge >= 0.3 is 0 Å². The van der Waals surface area contributed by atoms with Crippen molar-refractivity contribution >= 4 is 15.9 Å². The number of benzene rings is 1. The van der Waals surface area contributed by atoms with Gasteiger partial charge in [-0.2, -0.15) is 0 Å². The molecule has 0 unspecified atom stereocenters. The Balaban J connectivity index is 2.09. The van der Waals surface area contributed by atoms with Crippen molar-refractivity contribution in [1.82, 2.24) is 4.90 Å². The van der Waals surface area contributed by atoms with Crippen molar-refractivity contribution in [3.63, 3.8) is 0 Å². The van der Waals surface area contributed by atoms with E-state index in [0.29, 0.717) is 12.0 Å². The molecule has 3 heteroatoms. The molecule has 0 aromatic heterocycles. The molecular weight excluding hydrogens is 290 g/mol. The van der Waals surface area contributed by atoms with E-state index < -0.39 is 0 Å². The van der Waals surface area contributed by atoms with E-state index in [2.05, 4.69) is 52.9 Å². The fourth-order valence-electron chi connectivity index (χ4n) is 2.80. The van der Waals surface area contributed by atoms with Crippen LogP contribution >= 0.6 is 15.9 Å². The largest absolute Gasteiger partial charge is 0.395 e. The highest BCUT2D eigenvalue weighted by molar-refractivity contribution is 9.10. The Morgan fingerprint density at radius 1 is 1.44 bits per heavy atom. The predicted octanol–water partition coefficient (Wildman–Crippen LogP) is 3.35. The molecule has 100 valence electrons. The minimum Gasteiger partial charge on any atom is -0.395 e. The Hall–Kier alpha value is -0.380. The van der Waals surface area contributed by atoms with Crippen LogP contribution in [-0.4, -0.2) is 29.2 Å². The van der Waals surface area contributed by atoms with Crippen LogP contribution in [0.1, 0.15) is 30.9 Å². The van der Waals surface area contributed by atoms with Crippen molar-refractivity contribution in [2.45, 2.75) is 39.3 Å². The summed E-state index contributed by atoms with van der Waals surface area (Å²) in [5, 5.41) is 9.56. The van der Waals surface area contributed by atoms with Crippen LogP contribution in [0.3, 0.4) is 0 Å². The predicted molar refractivity (Wildman–Crippen MR) is 78.6 cm³/mol. The van der Waals surface area contributed by atoms with Gasteiger partial charge in [-0.15, -0.1) is 0 Å². The van der Waals surface area contributed by atoms with Crippen LogP contribution in [0, 0.1) is 12.8 Å². The summed E-state index contributed by atoms with van der Waals surface area (Å²) >= 11 is 3.59. The molecule has 2 nitrogen and oxygen atoms in total. The molecule has 1 aromatic rings. The fraction of sp³-hybridized carbons (Fsp3) is 0.600. The van der Waals surface area contributed by atoms with Gasteiger partial charge in [0.2, 0.25) is 0 Å². The molecule has 1 aliphatic rings. The van der Waals surface area contributed by atoms with Gasteiger partial charge in [0.05, 0.1) is 6.61 Å². The van der Waals surface area contributed by atoms with E-state index in [-0.39, 0.29) is 6.61 Å². The van der Waals surface area contributed by atoms with E-state index in [1.807, 2.05) is 0 Å². The molecular formula is C15H22BrNO. The third kappa shape index (κ3) is 3.14. The normalized spacial score (nSPS) is 25.3. The molecule has 2 rings (SSSR count). The van der Waals surface area contributed by atoms with Crippen LogP contribution in [0.5, 0.6) is 0 Å². The van der Waals surface area contributed by atoms with Crippen molar-refractivity contribution in [1.29, 1.82) is 0 Å². The number of aliphatic hydroxyl groups excluding tert-OH is 1. The number of hydrogen-bond acceptors (Lipinski definition) is 2. The number of halogens is 1. The number of hydrogen-bond donors (Lipinski definition) is 1. The van der Waals surface area contributed by atoms with Gasteiger partial charge in [0.15, 0.2) is 0 Å². The second-order valence-electron chi connectivity index (χ2n) is 5.42. The number of rotatable bonds is 3. The second kappa shape index (κ2) is 6.18. The summed E-state index contributed by atoms with van der Waals surface area (Å²) < 4.78 is 1.17. The molecule has 2 atom stereocenters. The maximum atomic E-state index is 9.56. The van der Waals surface area contributed by atoms with E-state index in [1.54, 1.807) is 0 Å². The van der Waals surface area contributed by atoms with Crippen LogP contribution in [0.2, 0.25) is 0 Å². The van der Waals surface area contributed by atoms with Crippen molar-refractivity contribution in [3.8, 4) is 0 Å². The lowest BCUT2D eigenvalue weighted by molar-refractivity contribution is 0.0472. The van der Waals surface area contributed by atoms with E-state index in [1.165, 1.54) is 28.4 Å². The van der Waals surface area contributed by atoms with Gasteiger partial charge in [-0.05, 0) is 49.4 Å². The topological polar surface area (TPSA) is 23.5 Å². The molecule has 1 heterocycles. The Kier molecular flexibility index (Phi) is 4.82. The Bertz CT molecular complexity index is 407. The van der Waals surface area contributed by atoms with Crippen LogP contribution in [0.4, 0.5) is 0 Å². The molecule has 1 aromatic carbocycles. The summed E-state index contributed by atoms with van der Waals surface area (Å²) in [5.74, 6) is 0.595. The molecule has 1 aliphatic heterocycles. The minimum absolute atomic E-state index is 0.272. The maximum absolute atomic E-state index is 9.56. The Morgan fingerprint density at radius 2 is 2.22 bits per heavy atom. The Morgan fingerprint density at radius 3 is 2.89 bits per heavy atom. The lowest BCUT2D eigenvalue weighted by Gasteiger charge is -2.39. The Labute approximate surface area is 118 Å². The van der Waals surface area contributed by atoms with E-state index in [9.17, 15) is 5.11 Å². The van der Waals surface area contributed by atoms with Crippen LogP contribution in [0.15, 0.2) is 22.7 Å². The van der Waals surface area contributed by atoms with Crippen molar-refractivity contribution < 1.29 is 5.11 Å². The third-order valence-electron chi connectivity index (χ3n) is 4.04. The molecule has 18 heavy (non-hydrogen) atoms. The molecule has 1 saturated heterocycles.